The van der Waals surface area contributed by atoms with Crippen molar-refractivity contribution < 1.29 is 4.42 Å². The normalized spacial score (nSPS) is 13.7. The molecule has 3 nitrogen and oxygen atoms in total. The Hall–Kier alpha value is -4.24. The molecule has 3 heteroatoms. The maximum Gasteiger partial charge on any atom is 0.145 e. The van der Waals surface area contributed by atoms with E-state index >= 15 is 0 Å². The van der Waals surface area contributed by atoms with Crippen LogP contribution in [0.3, 0.4) is 0 Å². The summed E-state index contributed by atoms with van der Waals surface area (Å²) < 4.78 is 11.2. The molecule has 0 amide bonds. The Kier molecular flexibility index (Phi) is 3.44. The van der Waals surface area contributed by atoms with Crippen LogP contribution in [-0.2, 0) is 13.5 Å². The lowest BCUT2D eigenvalue weighted by atomic mass is 9.99. The highest BCUT2D eigenvalue weighted by Gasteiger charge is 2.21. The second-order valence-corrected chi connectivity index (χ2v) is 9.35. The number of rotatable bonds is 1. The zero-order valence-electron chi connectivity index (χ0n) is 18.9. The first-order chi connectivity index (χ1) is 16.8. The predicted molar refractivity (Wildman–Crippen MR) is 142 cm³/mol. The third kappa shape index (κ3) is 2.21. The monoisotopic (exact) mass is 438 g/mol. The Morgan fingerprint density at radius 3 is 2.29 bits per heavy atom. The smallest absolute Gasteiger partial charge is 0.145 e. The maximum absolute atomic E-state index is 6.55. The van der Waals surface area contributed by atoms with Crippen molar-refractivity contribution in [2.75, 3.05) is 0 Å². The number of aromatic nitrogens is 2. The topological polar surface area (TPSA) is 23.0 Å². The average molecular weight is 439 g/mol. The molecular weight excluding hydrogens is 416 g/mol. The van der Waals surface area contributed by atoms with Gasteiger partial charge in [-0.05, 0) is 66.9 Å². The lowest BCUT2D eigenvalue weighted by Crippen LogP contribution is -1.96. The third-order valence-corrected chi connectivity index (χ3v) is 7.61. The molecule has 0 spiro atoms. The molecule has 4 aromatic carbocycles. The van der Waals surface area contributed by atoms with E-state index in [1.54, 1.807) is 0 Å². The van der Waals surface area contributed by atoms with Crippen molar-refractivity contribution in [1.82, 2.24) is 9.13 Å². The Morgan fingerprint density at radius 1 is 0.735 bits per heavy atom. The molecule has 0 fully saturated rings. The van der Waals surface area contributed by atoms with Gasteiger partial charge in [-0.3, -0.25) is 0 Å². The van der Waals surface area contributed by atoms with Gasteiger partial charge >= 0.3 is 0 Å². The molecule has 0 bridgehead atoms. The van der Waals surface area contributed by atoms with Gasteiger partial charge in [-0.25, -0.2) is 0 Å². The average Bonchev–Trinajstić information content (AvgIpc) is 3.52. The molecule has 0 aliphatic heterocycles. The molecule has 3 aromatic heterocycles. The molecule has 7 aromatic rings. The molecule has 162 valence electrons. The van der Waals surface area contributed by atoms with Crippen LogP contribution in [0.25, 0.3) is 66.4 Å². The third-order valence-electron chi connectivity index (χ3n) is 7.61. The van der Waals surface area contributed by atoms with E-state index in [4.69, 9.17) is 4.42 Å². The molecule has 0 radical (unpaired) electrons. The number of benzene rings is 4. The molecule has 3 heterocycles. The van der Waals surface area contributed by atoms with E-state index in [2.05, 4.69) is 107 Å². The summed E-state index contributed by atoms with van der Waals surface area (Å²) in [6.07, 6.45) is 6.68. The number of fused-ring (bicyclic) bond motifs is 10. The van der Waals surface area contributed by atoms with Crippen LogP contribution < -0.4 is 0 Å². The summed E-state index contributed by atoms with van der Waals surface area (Å²) in [7, 11) is 2.16. The molecule has 1 aliphatic carbocycles. The van der Waals surface area contributed by atoms with Gasteiger partial charge in [0.15, 0.2) is 0 Å². The molecule has 34 heavy (non-hydrogen) atoms. The number of para-hydroxylation sites is 2. The Labute approximate surface area is 196 Å². The summed E-state index contributed by atoms with van der Waals surface area (Å²) in [5.74, 6) is 0. The van der Waals surface area contributed by atoms with Gasteiger partial charge in [-0.15, -0.1) is 0 Å². The number of aryl methyl sites for hydroxylation is 2. The van der Waals surface area contributed by atoms with Crippen molar-refractivity contribution in [3.05, 3.63) is 96.2 Å². The SMILES string of the molecule is Cn1c2c(c3c4oc5ccc(-n6c7ccccc7c7ccccc76)cc5c4ccc31)CCC=C2. The van der Waals surface area contributed by atoms with Crippen LogP contribution in [0.5, 0.6) is 0 Å². The predicted octanol–water partition coefficient (Wildman–Crippen LogP) is 8.13. The number of hydrogen-bond donors (Lipinski definition) is 0. The molecule has 0 atom stereocenters. The summed E-state index contributed by atoms with van der Waals surface area (Å²) in [5.41, 5.74) is 9.52. The van der Waals surface area contributed by atoms with Crippen molar-refractivity contribution >= 4 is 60.7 Å². The zero-order chi connectivity index (χ0) is 22.4. The fourth-order valence-corrected chi connectivity index (χ4v) is 6.08. The quantitative estimate of drug-likeness (QED) is 0.254. The van der Waals surface area contributed by atoms with Gasteiger partial charge in [0.05, 0.1) is 16.6 Å². The molecule has 0 saturated heterocycles. The van der Waals surface area contributed by atoms with Gasteiger partial charge in [0.25, 0.3) is 0 Å². The zero-order valence-corrected chi connectivity index (χ0v) is 18.9. The molecule has 8 rings (SSSR count). The van der Waals surface area contributed by atoms with Gasteiger partial charge in [-0.2, -0.15) is 0 Å². The maximum atomic E-state index is 6.55. The van der Waals surface area contributed by atoms with E-state index in [0.717, 1.165) is 29.7 Å². The van der Waals surface area contributed by atoms with E-state index in [1.807, 2.05) is 0 Å². The van der Waals surface area contributed by atoms with Gasteiger partial charge in [-0.1, -0.05) is 42.5 Å². The van der Waals surface area contributed by atoms with Gasteiger partial charge in [0, 0.05) is 45.4 Å². The Bertz CT molecular complexity index is 1920. The first-order valence-corrected chi connectivity index (χ1v) is 11.9. The number of allylic oxidation sites excluding steroid dienone is 1. The van der Waals surface area contributed by atoms with Crippen LogP contribution in [0.15, 0.2) is 89.4 Å². The highest BCUT2D eigenvalue weighted by molar-refractivity contribution is 6.17. The molecule has 0 unspecified atom stereocenters. The van der Waals surface area contributed by atoms with E-state index in [-0.39, 0.29) is 0 Å². The van der Waals surface area contributed by atoms with Crippen LogP contribution in [0.1, 0.15) is 17.7 Å². The van der Waals surface area contributed by atoms with E-state index in [0.29, 0.717) is 0 Å². The number of nitrogens with zero attached hydrogens (tertiary/aromatic N) is 2. The standard InChI is InChI=1S/C31H22N2O/c1-32-25-11-5-4-10-23(25)30-28(32)16-15-22-24-18-19(14-17-29(24)34-31(22)30)33-26-12-6-2-8-20(26)21-9-3-7-13-27(21)33/h2-3,5-9,11-18H,4,10H2,1H3. The van der Waals surface area contributed by atoms with E-state index in [9.17, 15) is 0 Å². The molecule has 0 N–H and O–H groups in total. The van der Waals surface area contributed by atoms with Crippen LogP contribution in [-0.4, -0.2) is 9.13 Å². The van der Waals surface area contributed by atoms with Crippen molar-refractivity contribution in [1.29, 1.82) is 0 Å². The minimum atomic E-state index is 0.941. The number of hydrogen-bond acceptors (Lipinski definition) is 1. The summed E-state index contributed by atoms with van der Waals surface area (Å²) in [5, 5.41) is 6.18. The number of furan rings is 1. The summed E-state index contributed by atoms with van der Waals surface area (Å²) in [6, 6.07) is 28.4. The molecule has 1 aliphatic rings. The summed E-state index contributed by atoms with van der Waals surface area (Å²) in [4.78, 5) is 0. The van der Waals surface area contributed by atoms with Crippen LogP contribution in [0.4, 0.5) is 0 Å². The van der Waals surface area contributed by atoms with Crippen LogP contribution >= 0.6 is 0 Å². The summed E-state index contributed by atoms with van der Waals surface area (Å²) >= 11 is 0. The highest BCUT2D eigenvalue weighted by Crippen LogP contribution is 2.41. The molecule has 0 saturated carbocycles. The highest BCUT2D eigenvalue weighted by atomic mass is 16.3. The van der Waals surface area contributed by atoms with Crippen LogP contribution in [0.2, 0.25) is 0 Å². The Morgan fingerprint density at radius 2 is 1.50 bits per heavy atom. The van der Waals surface area contributed by atoms with Gasteiger partial charge < -0.3 is 13.6 Å². The van der Waals surface area contributed by atoms with Crippen molar-refractivity contribution in [3.8, 4) is 5.69 Å². The summed E-state index contributed by atoms with van der Waals surface area (Å²) in [6.45, 7) is 0. The molecular formula is C31H22N2O. The van der Waals surface area contributed by atoms with Gasteiger partial charge in [0.2, 0.25) is 0 Å². The lowest BCUT2D eigenvalue weighted by Gasteiger charge is -2.07. The van der Waals surface area contributed by atoms with E-state index < -0.39 is 0 Å². The van der Waals surface area contributed by atoms with Crippen molar-refractivity contribution in [2.24, 2.45) is 7.05 Å². The van der Waals surface area contributed by atoms with Crippen molar-refractivity contribution in [2.45, 2.75) is 12.8 Å². The van der Waals surface area contributed by atoms with Crippen LogP contribution in [0, 0.1) is 0 Å². The minimum Gasteiger partial charge on any atom is -0.455 e. The second-order valence-electron chi connectivity index (χ2n) is 9.35. The fourth-order valence-electron chi connectivity index (χ4n) is 6.08. The largest absolute Gasteiger partial charge is 0.455 e. The first kappa shape index (κ1) is 18.2. The first-order valence-electron chi connectivity index (χ1n) is 11.9. The minimum absolute atomic E-state index is 0.941. The van der Waals surface area contributed by atoms with Gasteiger partial charge in [0.1, 0.15) is 11.2 Å². The lowest BCUT2D eigenvalue weighted by molar-refractivity contribution is 0.672. The fraction of sp³-hybridized carbons (Fsp3) is 0.0968. The van der Waals surface area contributed by atoms with Crippen molar-refractivity contribution in [3.63, 3.8) is 0 Å². The van der Waals surface area contributed by atoms with E-state index in [1.165, 1.54) is 54.7 Å². The second kappa shape index (κ2) is 6.42. The Balaban J connectivity index is 1.46.